The van der Waals surface area contributed by atoms with E-state index in [0.29, 0.717) is 0 Å². The summed E-state index contributed by atoms with van der Waals surface area (Å²) in [4.78, 5) is 57.4. The Morgan fingerprint density at radius 3 is 1.09 bits per heavy atom. The van der Waals surface area contributed by atoms with Crippen LogP contribution in [0.25, 0.3) is 0 Å². The number of ether oxygens (including phenoxy) is 5. The van der Waals surface area contributed by atoms with Crippen molar-refractivity contribution in [3.63, 3.8) is 0 Å². The van der Waals surface area contributed by atoms with Gasteiger partial charge in [0.15, 0.2) is 0 Å². The van der Waals surface area contributed by atoms with Gasteiger partial charge >= 0.3 is 12.2 Å². The highest BCUT2D eigenvalue weighted by molar-refractivity contribution is 5.86. The van der Waals surface area contributed by atoms with Crippen molar-refractivity contribution in [2.24, 2.45) is 0 Å². The quantitative estimate of drug-likeness (QED) is 0.208. The molecule has 4 aromatic carbocycles. The molecule has 57 heavy (non-hydrogen) atoms. The topological polar surface area (TPSA) is 145 Å². The number of carbonyl (C=O) groups excluding carboxylic acids is 4. The summed E-state index contributed by atoms with van der Waals surface area (Å²) in [6.07, 6.45) is -0.904. The van der Waals surface area contributed by atoms with E-state index in [1.54, 1.807) is 9.80 Å². The van der Waals surface area contributed by atoms with Crippen molar-refractivity contribution < 1.29 is 42.9 Å². The third-order valence-corrected chi connectivity index (χ3v) is 9.19. The van der Waals surface area contributed by atoms with Crippen LogP contribution in [-0.4, -0.2) is 112 Å². The molecular formula is C44H52N4O9. The van der Waals surface area contributed by atoms with Gasteiger partial charge in [-0.05, 0) is 22.3 Å². The van der Waals surface area contributed by atoms with Crippen LogP contribution in [0.15, 0.2) is 121 Å². The summed E-state index contributed by atoms with van der Waals surface area (Å²) < 4.78 is 28.6. The first kappa shape index (κ1) is 42.4. The van der Waals surface area contributed by atoms with Crippen molar-refractivity contribution >= 4 is 24.0 Å². The Bertz CT molecular complexity index is 1650. The first-order valence-corrected chi connectivity index (χ1v) is 19.3. The second-order valence-corrected chi connectivity index (χ2v) is 13.4. The minimum absolute atomic E-state index is 0.0628. The third kappa shape index (κ3) is 15.4. The highest BCUT2D eigenvalue weighted by atomic mass is 16.6. The van der Waals surface area contributed by atoms with Crippen LogP contribution in [0.5, 0.6) is 0 Å². The predicted octanol–water partition coefficient (Wildman–Crippen LogP) is 4.78. The average molecular weight is 781 g/mol. The molecular weight excluding hydrogens is 729 g/mol. The molecule has 1 aliphatic heterocycles. The van der Waals surface area contributed by atoms with Crippen molar-refractivity contribution in [2.75, 3.05) is 65.8 Å². The lowest BCUT2D eigenvalue weighted by Crippen LogP contribution is -2.52. The standard InChI is InChI=1S/C44H52N4O9/c49-41(39(31-35-13-5-1-6-14-35)45-43(51)56-33-37-17-9-3-10-18-37)47-21-25-53-26-22-48(24-28-55-30-29-54-27-23-47)42(50)40(32-36-15-7-2-8-16-36)46-44(52)57-34-38-19-11-4-12-20-38/h1-20,39-40H,21-34H2,(H,45,51)(H,46,52)/t39-,40+. The zero-order valence-electron chi connectivity index (χ0n) is 32.2. The lowest BCUT2D eigenvalue weighted by Gasteiger charge is -2.29. The lowest BCUT2D eigenvalue weighted by molar-refractivity contribution is -0.135. The highest BCUT2D eigenvalue weighted by Crippen LogP contribution is 2.11. The number of hydrogen-bond donors (Lipinski definition) is 2. The number of alkyl carbamates (subject to hydrolysis) is 2. The van der Waals surface area contributed by atoms with Gasteiger partial charge in [-0.1, -0.05) is 121 Å². The fourth-order valence-corrected chi connectivity index (χ4v) is 6.14. The van der Waals surface area contributed by atoms with Crippen LogP contribution in [0.3, 0.4) is 0 Å². The summed E-state index contributed by atoms with van der Waals surface area (Å²) in [6, 6.07) is 35.7. The van der Waals surface area contributed by atoms with Crippen LogP contribution in [0.4, 0.5) is 9.59 Å². The molecule has 4 amide bonds. The maximum absolute atomic E-state index is 14.1. The number of nitrogens with zero attached hydrogens (tertiary/aromatic N) is 2. The SMILES string of the molecule is O=C(N[C@@H](Cc1ccccc1)C(=O)N1CCOCCOCCN(C(=O)[C@@H](Cc2ccccc2)NC(=O)OCc2ccccc2)CCOCC1)OCc1ccccc1. The minimum atomic E-state index is -0.914. The van der Waals surface area contributed by atoms with Gasteiger partial charge in [0.1, 0.15) is 25.3 Å². The van der Waals surface area contributed by atoms with Gasteiger partial charge in [0.05, 0.1) is 39.6 Å². The molecule has 13 nitrogen and oxygen atoms in total. The highest BCUT2D eigenvalue weighted by Gasteiger charge is 2.29. The Labute approximate surface area is 334 Å². The lowest BCUT2D eigenvalue weighted by atomic mass is 10.0. The van der Waals surface area contributed by atoms with E-state index in [1.807, 2.05) is 121 Å². The van der Waals surface area contributed by atoms with E-state index >= 15 is 0 Å². The van der Waals surface area contributed by atoms with Gasteiger partial charge in [0.2, 0.25) is 11.8 Å². The van der Waals surface area contributed by atoms with Crippen molar-refractivity contribution in [1.29, 1.82) is 0 Å². The molecule has 1 fully saturated rings. The molecule has 1 saturated heterocycles. The monoisotopic (exact) mass is 780 g/mol. The van der Waals surface area contributed by atoms with Gasteiger partial charge in [0, 0.05) is 39.0 Å². The summed E-state index contributed by atoms with van der Waals surface area (Å²) in [6.45, 7) is 2.42. The smallest absolute Gasteiger partial charge is 0.408 e. The van der Waals surface area contributed by atoms with Crippen LogP contribution in [0.2, 0.25) is 0 Å². The molecule has 0 bridgehead atoms. The summed E-state index contributed by atoms with van der Waals surface area (Å²) in [7, 11) is 0. The Morgan fingerprint density at radius 2 is 0.754 bits per heavy atom. The van der Waals surface area contributed by atoms with Crippen molar-refractivity contribution in [2.45, 2.75) is 38.1 Å². The van der Waals surface area contributed by atoms with E-state index in [2.05, 4.69) is 10.6 Å². The first-order valence-electron chi connectivity index (χ1n) is 19.3. The van der Waals surface area contributed by atoms with Crippen LogP contribution >= 0.6 is 0 Å². The maximum atomic E-state index is 14.1. The van der Waals surface area contributed by atoms with Gasteiger partial charge in [-0.25, -0.2) is 9.59 Å². The van der Waals surface area contributed by atoms with Gasteiger partial charge < -0.3 is 44.1 Å². The van der Waals surface area contributed by atoms with Crippen LogP contribution in [0, 0.1) is 0 Å². The van der Waals surface area contributed by atoms with E-state index in [1.165, 1.54) is 0 Å². The third-order valence-electron chi connectivity index (χ3n) is 9.19. The Morgan fingerprint density at radius 1 is 0.456 bits per heavy atom. The zero-order valence-corrected chi connectivity index (χ0v) is 32.2. The second-order valence-electron chi connectivity index (χ2n) is 13.4. The van der Waals surface area contributed by atoms with Crippen molar-refractivity contribution in [1.82, 2.24) is 20.4 Å². The fourth-order valence-electron chi connectivity index (χ4n) is 6.14. The van der Waals surface area contributed by atoms with Crippen LogP contribution < -0.4 is 10.6 Å². The Balaban J connectivity index is 1.22. The maximum Gasteiger partial charge on any atom is 0.408 e. The Hall–Kier alpha value is -5.76. The molecule has 302 valence electrons. The van der Waals surface area contributed by atoms with Crippen LogP contribution in [-0.2, 0) is 59.3 Å². The molecule has 0 aromatic heterocycles. The summed E-state index contributed by atoms with van der Waals surface area (Å²) in [5, 5.41) is 5.57. The molecule has 5 rings (SSSR count). The van der Waals surface area contributed by atoms with E-state index in [-0.39, 0.29) is 104 Å². The summed E-state index contributed by atoms with van der Waals surface area (Å²) in [5.74, 6) is -0.622. The largest absolute Gasteiger partial charge is 0.445 e. The van der Waals surface area contributed by atoms with Gasteiger partial charge in [-0.15, -0.1) is 0 Å². The number of benzene rings is 4. The number of carbonyl (C=O) groups is 4. The van der Waals surface area contributed by atoms with Crippen molar-refractivity contribution in [3.05, 3.63) is 144 Å². The molecule has 0 saturated carbocycles. The normalized spacial score (nSPS) is 15.5. The zero-order chi connectivity index (χ0) is 39.9. The van der Waals surface area contributed by atoms with Crippen LogP contribution in [0.1, 0.15) is 22.3 Å². The molecule has 4 aromatic rings. The minimum Gasteiger partial charge on any atom is -0.445 e. The predicted molar refractivity (Wildman–Crippen MR) is 213 cm³/mol. The van der Waals surface area contributed by atoms with Gasteiger partial charge in [-0.2, -0.15) is 0 Å². The molecule has 0 aliphatic carbocycles. The fraction of sp³-hybridized carbons (Fsp3) is 0.364. The second kappa shape index (κ2) is 24.0. The Kier molecular flexibility index (Phi) is 17.8. The van der Waals surface area contributed by atoms with E-state index in [4.69, 9.17) is 23.7 Å². The molecule has 2 N–H and O–H groups in total. The van der Waals surface area contributed by atoms with E-state index in [9.17, 15) is 19.2 Å². The first-order chi connectivity index (χ1) is 27.9. The molecule has 13 heteroatoms. The molecule has 0 unspecified atom stereocenters. The number of amides is 4. The number of rotatable bonds is 12. The molecule has 0 spiro atoms. The molecule has 1 heterocycles. The summed E-state index contributed by atoms with van der Waals surface area (Å²) >= 11 is 0. The van der Waals surface area contributed by atoms with Gasteiger partial charge in [0.25, 0.3) is 0 Å². The van der Waals surface area contributed by atoms with E-state index < -0.39 is 24.3 Å². The molecule has 0 radical (unpaired) electrons. The van der Waals surface area contributed by atoms with Gasteiger partial charge in [-0.3, -0.25) is 9.59 Å². The molecule has 2 atom stereocenters. The average Bonchev–Trinajstić information content (AvgIpc) is 3.25. The van der Waals surface area contributed by atoms with Crippen molar-refractivity contribution in [3.8, 4) is 0 Å². The van der Waals surface area contributed by atoms with E-state index in [0.717, 1.165) is 22.3 Å². The molecule has 1 aliphatic rings. The summed E-state index contributed by atoms with van der Waals surface area (Å²) in [5.41, 5.74) is 3.40. The number of nitrogens with one attached hydrogen (secondary N) is 2. The number of hydrogen-bond acceptors (Lipinski definition) is 9.